The number of halogens is 2. The quantitative estimate of drug-likeness (QED) is 0.117. The van der Waals surface area contributed by atoms with Crippen molar-refractivity contribution in [3.63, 3.8) is 0 Å². The maximum atomic E-state index is 6.60. The molecule has 56 heavy (non-hydrogen) atoms. The van der Waals surface area contributed by atoms with Crippen molar-refractivity contribution >= 4 is 45.8 Å². The fourth-order valence-electron chi connectivity index (χ4n) is 7.41. The van der Waals surface area contributed by atoms with Gasteiger partial charge in [0.15, 0.2) is 0 Å². The van der Waals surface area contributed by atoms with E-state index in [4.69, 9.17) is 25.9 Å². The van der Waals surface area contributed by atoms with Crippen molar-refractivity contribution in [3.05, 3.63) is 153 Å². The van der Waals surface area contributed by atoms with Crippen molar-refractivity contribution in [2.75, 3.05) is 0 Å². The topological polar surface area (TPSA) is 18.5 Å². The average molecular weight is 901 g/mol. The molecule has 2 aliphatic rings. The predicted octanol–water partition coefficient (Wildman–Crippen LogP) is 15.5. The van der Waals surface area contributed by atoms with Crippen LogP contribution >= 0.6 is 17.0 Å². The minimum atomic E-state index is -1.89. The zero-order valence-corrected chi connectivity index (χ0v) is 41.7. The number of benzene rings is 2. The SMILES string of the molecule is Cc1cc2c([c-]1CCC[c-]1c(C)cc3c1C=CC=CC3c1ccc(O[Si](C)(C)C(C)(C)C)cc1)C=CC=CC2c1ccc(O[Si](C)(C)C(C)(C)C)cc1.[Cl][Zr+2][Cl]. The van der Waals surface area contributed by atoms with E-state index in [0.717, 1.165) is 30.8 Å². The van der Waals surface area contributed by atoms with E-state index < -0.39 is 37.5 Å². The molecule has 4 aromatic rings. The van der Waals surface area contributed by atoms with E-state index in [1.54, 1.807) is 0 Å². The molecule has 0 aromatic heterocycles. The third-order valence-electron chi connectivity index (χ3n) is 12.7. The molecule has 4 aromatic carbocycles. The summed E-state index contributed by atoms with van der Waals surface area (Å²) < 4.78 is 13.2. The fourth-order valence-corrected chi connectivity index (χ4v) is 9.47. The summed E-state index contributed by atoms with van der Waals surface area (Å²) in [7, 11) is 6.09. The Morgan fingerprint density at radius 3 is 1.25 bits per heavy atom. The maximum absolute atomic E-state index is 6.60. The standard InChI is InChI=1S/C49H62O2Si2.2ClH.Zr/c1-34-32-46-42(36-24-28-38(29-25-36)50-52(9,10)48(3,4)5)18-13-15-20-44(46)40(34)22-17-23-41-35(2)33-47-43(19-14-16-21-45(41)47)37-26-30-39(31-27-37)51-53(11,12)49(6,7)8;;;/h13-16,18-21,24-33,42-43H,17,22-23H2,1-12H3;2*1H;/q-2;;;+4/p-2. The monoisotopic (exact) mass is 898 g/mol. The molecule has 2 nitrogen and oxygen atoms in total. The molecule has 0 saturated heterocycles. The van der Waals surface area contributed by atoms with Crippen LogP contribution in [0.15, 0.2) is 97.1 Å². The van der Waals surface area contributed by atoms with E-state index in [1.165, 1.54) is 55.6 Å². The first-order chi connectivity index (χ1) is 26.3. The van der Waals surface area contributed by atoms with E-state index in [0.29, 0.717) is 0 Å². The van der Waals surface area contributed by atoms with Gasteiger partial charge in [-0.05, 0) is 83.5 Å². The Balaban J connectivity index is 0.00000194. The van der Waals surface area contributed by atoms with Gasteiger partial charge >= 0.3 is 37.9 Å². The number of aryl methyl sites for hydroxylation is 2. The predicted molar refractivity (Wildman–Crippen MR) is 246 cm³/mol. The van der Waals surface area contributed by atoms with Crippen molar-refractivity contribution in [1.29, 1.82) is 0 Å². The van der Waals surface area contributed by atoms with Crippen molar-refractivity contribution in [2.24, 2.45) is 0 Å². The molecule has 0 fully saturated rings. The van der Waals surface area contributed by atoms with Gasteiger partial charge < -0.3 is 8.85 Å². The van der Waals surface area contributed by atoms with Crippen LogP contribution in [0.1, 0.15) is 115 Å². The van der Waals surface area contributed by atoms with Crippen LogP contribution in [-0.4, -0.2) is 16.6 Å². The van der Waals surface area contributed by atoms with E-state index in [2.05, 4.69) is 191 Å². The summed E-state index contributed by atoms with van der Waals surface area (Å²) in [4.78, 5) is 0. The van der Waals surface area contributed by atoms with Gasteiger partial charge in [-0.25, -0.2) is 0 Å². The molecule has 0 saturated carbocycles. The third-order valence-corrected chi connectivity index (χ3v) is 21.4. The second kappa shape index (κ2) is 18.2. The summed E-state index contributed by atoms with van der Waals surface area (Å²) in [5, 5.41) is 0.341. The summed E-state index contributed by atoms with van der Waals surface area (Å²) >= 11 is -0.826. The van der Waals surface area contributed by atoms with E-state index in [-0.39, 0.29) is 21.9 Å². The Labute approximate surface area is 359 Å². The van der Waals surface area contributed by atoms with Crippen molar-refractivity contribution < 1.29 is 29.7 Å². The molecule has 0 radical (unpaired) electrons. The normalized spacial score (nSPS) is 16.6. The van der Waals surface area contributed by atoms with Crippen molar-refractivity contribution in [2.45, 2.75) is 123 Å². The summed E-state index contributed by atoms with van der Waals surface area (Å²) in [5.41, 5.74) is 14.1. The third kappa shape index (κ3) is 10.2. The fraction of sp³-hybridized carbons (Fsp3) is 0.388. The molecule has 0 heterocycles. The van der Waals surface area contributed by atoms with Gasteiger partial charge in [0.05, 0.1) is 0 Å². The Morgan fingerprint density at radius 1 is 0.589 bits per heavy atom. The van der Waals surface area contributed by atoms with Gasteiger partial charge in [-0.3, -0.25) is 0 Å². The average Bonchev–Trinajstić information content (AvgIpc) is 3.37. The number of allylic oxidation sites excluding steroid dienone is 6. The Hall–Kier alpha value is -2.40. The number of fused-ring (bicyclic) bond motifs is 2. The number of hydrogen-bond acceptors (Lipinski definition) is 2. The van der Waals surface area contributed by atoms with Gasteiger partial charge in [0.2, 0.25) is 16.6 Å². The minimum absolute atomic E-state index is 0.170. The summed E-state index contributed by atoms with van der Waals surface area (Å²) in [6.45, 7) is 27.6. The summed E-state index contributed by atoms with van der Waals surface area (Å²) in [5.74, 6) is 2.42. The van der Waals surface area contributed by atoms with Crippen LogP contribution in [-0.2, 0) is 33.7 Å². The molecule has 2 unspecified atom stereocenters. The molecule has 2 aliphatic carbocycles. The summed E-state index contributed by atoms with van der Waals surface area (Å²) in [6.07, 6.45) is 21.5. The molecule has 7 heteroatoms. The molecule has 296 valence electrons. The van der Waals surface area contributed by atoms with Crippen LogP contribution in [0.3, 0.4) is 0 Å². The molecule has 6 rings (SSSR count). The van der Waals surface area contributed by atoms with Gasteiger partial charge in [-0.1, -0.05) is 123 Å². The van der Waals surface area contributed by atoms with Gasteiger partial charge in [0.25, 0.3) is 0 Å². The van der Waals surface area contributed by atoms with E-state index in [1.807, 2.05) is 0 Å². The second-order valence-corrected chi connectivity index (χ2v) is 31.8. The Bertz CT molecular complexity index is 1920. The molecule has 0 aliphatic heterocycles. The Kier molecular flexibility index (Phi) is 14.6. The van der Waals surface area contributed by atoms with Gasteiger partial charge in [-0.2, -0.15) is 23.3 Å². The van der Waals surface area contributed by atoms with E-state index >= 15 is 0 Å². The van der Waals surface area contributed by atoms with E-state index in [9.17, 15) is 0 Å². The first-order valence-electron chi connectivity index (χ1n) is 20.1. The first kappa shape index (κ1) is 44.7. The number of rotatable bonds is 10. The van der Waals surface area contributed by atoms with Crippen LogP contribution in [0.25, 0.3) is 12.2 Å². The van der Waals surface area contributed by atoms with Crippen LogP contribution < -0.4 is 8.85 Å². The molecule has 2 atom stereocenters. The second-order valence-electron chi connectivity index (χ2n) is 18.6. The van der Waals surface area contributed by atoms with Crippen molar-refractivity contribution in [1.82, 2.24) is 0 Å². The van der Waals surface area contributed by atoms with Crippen LogP contribution in [0, 0.1) is 13.8 Å². The Morgan fingerprint density at radius 2 is 0.929 bits per heavy atom. The zero-order chi connectivity index (χ0) is 41.1. The molecule has 0 amide bonds. The van der Waals surface area contributed by atoms with Crippen LogP contribution in [0.5, 0.6) is 11.5 Å². The molecule has 0 N–H and O–H groups in total. The zero-order valence-electron chi connectivity index (χ0n) is 35.7. The van der Waals surface area contributed by atoms with Crippen LogP contribution in [0.4, 0.5) is 0 Å². The first-order valence-corrected chi connectivity index (χ1v) is 32.2. The molecule has 0 bridgehead atoms. The molecular weight excluding hydrogens is 839 g/mol. The van der Waals surface area contributed by atoms with Crippen molar-refractivity contribution in [3.8, 4) is 11.5 Å². The number of hydrogen-bond donors (Lipinski definition) is 0. The van der Waals surface area contributed by atoms with Gasteiger partial charge in [0, 0.05) is 0 Å². The molecule has 0 spiro atoms. The van der Waals surface area contributed by atoms with Gasteiger partial charge in [-0.15, -0.1) is 57.7 Å². The molecular formula is C49H62Cl2O2Si2Zr. The summed E-state index contributed by atoms with van der Waals surface area (Å²) in [6, 6.07) is 22.7. The van der Waals surface area contributed by atoms with Crippen LogP contribution in [0.2, 0.25) is 36.3 Å². The van der Waals surface area contributed by atoms with Gasteiger partial charge in [0.1, 0.15) is 11.5 Å².